The third-order valence-electron chi connectivity index (χ3n) is 5.53. The third kappa shape index (κ3) is 6.01. The van der Waals surface area contributed by atoms with Gasteiger partial charge in [-0.1, -0.05) is 27.2 Å². The van der Waals surface area contributed by atoms with E-state index in [0.717, 1.165) is 24.3 Å². The first-order valence-electron chi connectivity index (χ1n) is 10.1. The Hall–Kier alpha value is -1.96. The molecule has 6 heteroatoms. The summed E-state index contributed by atoms with van der Waals surface area (Å²) in [6.45, 7) is 6.66. The molecule has 1 fully saturated rings. The van der Waals surface area contributed by atoms with E-state index in [9.17, 15) is 4.79 Å². The fourth-order valence-corrected chi connectivity index (χ4v) is 4.09. The summed E-state index contributed by atoms with van der Waals surface area (Å²) in [7, 11) is 0. The zero-order valence-corrected chi connectivity index (χ0v) is 19.2. The maximum Gasteiger partial charge on any atom is 0.338 e. The quantitative estimate of drug-likeness (QED) is 0.232. The predicted molar refractivity (Wildman–Crippen MR) is 122 cm³/mol. The van der Waals surface area contributed by atoms with Crippen LogP contribution in [0.25, 0.3) is 0 Å². The molecule has 0 heterocycles. The van der Waals surface area contributed by atoms with Gasteiger partial charge >= 0.3 is 5.97 Å². The summed E-state index contributed by atoms with van der Waals surface area (Å²) in [5.74, 6) is 2.06. The van der Waals surface area contributed by atoms with Gasteiger partial charge in [-0.15, -0.1) is 0 Å². The predicted octanol–water partition coefficient (Wildman–Crippen LogP) is 7.45. The van der Waals surface area contributed by atoms with Gasteiger partial charge in [0.05, 0.1) is 16.9 Å². The zero-order chi connectivity index (χ0) is 20.8. The van der Waals surface area contributed by atoms with Gasteiger partial charge in [-0.3, -0.25) is 0 Å². The number of hydrogen-bond acceptors (Lipinski definition) is 5. The maximum atomic E-state index is 12.7. The molecule has 2 aromatic rings. The van der Waals surface area contributed by atoms with Crippen LogP contribution in [0.3, 0.4) is 0 Å². The second-order valence-corrected chi connectivity index (χ2v) is 8.53. The van der Waals surface area contributed by atoms with Crippen molar-refractivity contribution in [3.63, 3.8) is 0 Å². The molecule has 0 bridgehead atoms. The van der Waals surface area contributed by atoms with Crippen molar-refractivity contribution in [2.24, 2.45) is 28.0 Å². The molecule has 29 heavy (non-hydrogen) atoms. The van der Waals surface area contributed by atoms with Gasteiger partial charge in [0, 0.05) is 0 Å². The number of rotatable bonds is 6. The van der Waals surface area contributed by atoms with Gasteiger partial charge in [0.15, 0.2) is 23.0 Å². The van der Waals surface area contributed by atoms with Crippen molar-refractivity contribution in [2.75, 3.05) is 0 Å². The van der Waals surface area contributed by atoms with E-state index in [0.29, 0.717) is 29.0 Å². The van der Waals surface area contributed by atoms with Crippen LogP contribution in [-0.4, -0.2) is 12.1 Å². The van der Waals surface area contributed by atoms with Gasteiger partial charge in [-0.05, 0) is 79.1 Å². The van der Waals surface area contributed by atoms with Crippen LogP contribution >= 0.6 is 23.0 Å². The van der Waals surface area contributed by atoms with E-state index < -0.39 is 0 Å². The third-order valence-corrected chi connectivity index (χ3v) is 6.04. The molecule has 3 atom stereocenters. The van der Waals surface area contributed by atoms with Gasteiger partial charge < -0.3 is 7.80 Å². The Morgan fingerprint density at radius 1 is 1.00 bits per heavy atom. The van der Waals surface area contributed by atoms with Crippen LogP contribution in [-0.2, 0) is 4.74 Å². The van der Waals surface area contributed by atoms with Gasteiger partial charge in [0.25, 0.3) is 0 Å². The van der Waals surface area contributed by atoms with Crippen LogP contribution in [0.1, 0.15) is 50.4 Å². The number of halogens is 1. The van der Waals surface area contributed by atoms with E-state index in [-0.39, 0.29) is 12.1 Å². The summed E-state index contributed by atoms with van der Waals surface area (Å²) in [5.41, 5.74) is 1.96. The highest BCUT2D eigenvalue weighted by Gasteiger charge is 2.33. The largest absolute Gasteiger partial charge is 0.458 e. The number of ether oxygens (including phenoxy) is 1. The second kappa shape index (κ2) is 10.2. The van der Waals surface area contributed by atoms with Gasteiger partial charge in [0.1, 0.15) is 11.9 Å². The Bertz CT molecular complexity index is 834. The highest BCUT2D eigenvalue weighted by Crippen LogP contribution is 2.35. The minimum atomic E-state index is -0.257. The molecule has 0 spiro atoms. The Kier molecular flexibility index (Phi) is 7.64. The molecule has 1 unspecified atom stereocenters. The Morgan fingerprint density at radius 3 is 2.14 bits per heavy atom. The monoisotopic (exact) mass is 506 g/mol. The summed E-state index contributed by atoms with van der Waals surface area (Å²) >= 11 is 1.83. The van der Waals surface area contributed by atoms with E-state index in [2.05, 4.69) is 31.0 Å². The topological polar surface area (TPSA) is 60.2 Å². The van der Waals surface area contributed by atoms with Crippen LogP contribution in [0, 0.1) is 17.8 Å². The normalized spacial score (nSPS) is 22.0. The molecular formula is C23H27IN2O3. The highest BCUT2D eigenvalue weighted by molar-refractivity contribution is 14.1. The number of benzene rings is 2. The Morgan fingerprint density at radius 2 is 1.59 bits per heavy atom. The molecule has 0 amide bonds. The summed E-state index contributed by atoms with van der Waals surface area (Å²) in [5, 5.41) is 8.43. The molecule has 0 aromatic heterocycles. The van der Waals surface area contributed by atoms with Gasteiger partial charge in [-0.25, -0.2) is 4.79 Å². The molecule has 3 rings (SSSR count). The van der Waals surface area contributed by atoms with Crippen molar-refractivity contribution in [3.8, 4) is 5.75 Å². The standard InChI is InChI=1S/C23H27IN2O3/c1-15(2)21-13-4-16(3)14-22(21)28-23(27)17-5-7-18(8-6-17)25-26-19-9-11-20(29-24)12-10-19/h5-12,15-16,21-22H,4,13-14H2,1-3H3/t16-,21?,22+/m0/s1. The van der Waals surface area contributed by atoms with Crippen molar-refractivity contribution < 1.29 is 12.6 Å². The fraction of sp³-hybridized carbons (Fsp3) is 0.435. The number of esters is 1. The van der Waals surface area contributed by atoms with Crippen LogP contribution in [0.15, 0.2) is 58.8 Å². The molecule has 0 radical (unpaired) electrons. The van der Waals surface area contributed by atoms with Crippen LogP contribution in [0.2, 0.25) is 0 Å². The number of carbonyl (C=O) groups excluding carboxylic acids is 1. The number of carbonyl (C=O) groups is 1. The van der Waals surface area contributed by atoms with Crippen molar-refractivity contribution >= 4 is 40.3 Å². The van der Waals surface area contributed by atoms with Gasteiger partial charge in [-0.2, -0.15) is 10.2 Å². The molecule has 2 aromatic carbocycles. The SMILES string of the molecule is CC(C)C1CC[C@H](C)C[C@H]1OC(=O)c1ccc(N=Nc2ccc(OI)cc2)cc1. The molecule has 1 saturated carbocycles. The minimum absolute atomic E-state index is 0.000102. The lowest BCUT2D eigenvalue weighted by molar-refractivity contribution is -0.0174. The summed E-state index contributed by atoms with van der Waals surface area (Å²) in [6.07, 6.45) is 3.29. The summed E-state index contributed by atoms with van der Waals surface area (Å²) in [4.78, 5) is 12.7. The molecule has 0 saturated heterocycles. The average Bonchev–Trinajstić information content (AvgIpc) is 2.72. The van der Waals surface area contributed by atoms with Gasteiger partial charge in [0.2, 0.25) is 0 Å². The average molecular weight is 506 g/mol. The van der Waals surface area contributed by atoms with Crippen LogP contribution in [0.4, 0.5) is 11.4 Å². The lowest BCUT2D eigenvalue weighted by Crippen LogP contribution is -2.35. The Balaban J connectivity index is 1.62. The number of nitrogens with zero attached hydrogens (tertiary/aromatic N) is 2. The number of hydrogen-bond donors (Lipinski definition) is 0. The first-order valence-corrected chi connectivity index (χ1v) is 11.0. The van der Waals surface area contributed by atoms with E-state index in [1.54, 1.807) is 24.3 Å². The second-order valence-electron chi connectivity index (χ2n) is 8.09. The van der Waals surface area contributed by atoms with Crippen molar-refractivity contribution in [1.82, 2.24) is 0 Å². The molecule has 0 N–H and O–H groups in total. The van der Waals surface area contributed by atoms with E-state index in [1.807, 2.05) is 47.3 Å². The van der Waals surface area contributed by atoms with Crippen molar-refractivity contribution in [2.45, 2.75) is 46.1 Å². The lowest BCUT2D eigenvalue weighted by Gasteiger charge is -2.36. The lowest BCUT2D eigenvalue weighted by atomic mass is 9.75. The molecule has 5 nitrogen and oxygen atoms in total. The van der Waals surface area contributed by atoms with Crippen LogP contribution < -0.4 is 3.07 Å². The van der Waals surface area contributed by atoms with Crippen molar-refractivity contribution in [3.05, 3.63) is 54.1 Å². The molecule has 154 valence electrons. The smallest absolute Gasteiger partial charge is 0.338 e. The van der Waals surface area contributed by atoms with E-state index in [1.165, 1.54) is 6.42 Å². The van der Waals surface area contributed by atoms with E-state index in [4.69, 9.17) is 7.80 Å². The van der Waals surface area contributed by atoms with E-state index >= 15 is 0 Å². The Labute approximate surface area is 186 Å². The maximum absolute atomic E-state index is 12.7. The summed E-state index contributed by atoms with van der Waals surface area (Å²) in [6, 6.07) is 14.4. The number of azo groups is 1. The molecular weight excluding hydrogens is 479 g/mol. The minimum Gasteiger partial charge on any atom is -0.458 e. The first-order chi connectivity index (χ1) is 14.0. The molecule has 1 aliphatic carbocycles. The first kappa shape index (κ1) is 21.7. The summed E-state index contributed by atoms with van der Waals surface area (Å²) < 4.78 is 11.0. The van der Waals surface area contributed by atoms with Crippen molar-refractivity contribution in [1.29, 1.82) is 0 Å². The molecule has 1 aliphatic rings. The zero-order valence-electron chi connectivity index (χ0n) is 17.0. The fourth-order valence-electron chi connectivity index (χ4n) is 3.80. The highest BCUT2D eigenvalue weighted by atomic mass is 127. The van der Waals surface area contributed by atoms with Crippen LogP contribution in [0.5, 0.6) is 5.75 Å². The molecule has 0 aliphatic heterocycles.